The molecule has 1 aliphatic rings. The molecule has 0 unspecified atom stereocenters. The molecular weight excluding hydrogens is 250 g/mol. The third kappa shape index (κ3) is 7.31. The Balaban J connectivity index is 2.03. The van der Waals surface area contributed by atoms with Gasteiger partial charge in [0.2, 0.25) is 10.0 Å². The Morgan fingerprint density at radius 1 is 1.11 bits per heavy atom. The molecule has 0 radical (unpaired) electrons. The Bertz CT molecular complexity index is 300. The molecule has 108 valence electrons. The predicted octanol–water partition coefficient (Wildman–Crippen LogP) is 0.391. The van der Waals surface area contributed by atoms with E-state index in [1.165, 1.54) is 12.8 Å². The summed E-state index contributed by atoms with van der Waals surface area (Å²) in [5.41, 5.74) is 0. The summed E-state index contributed by atoms with van der Waals surface area (Å²) in [4.78, 5) is 2.31. The van der Waals surface area contributed by atoms with Gasteiger partial charge < -0.3 is 10.2 Å². The lowest BCUT2D eigenvalue weighted by Crippen LogP contribution is -2.34. The van der Waals surface area contributed by atoms with E-state index in [2.05, 4.69) is 21.9 Å². The molecule has 0 aliphatic carbocycles. The first kappa shape index (κ1) is 15.9. The van der Waals surface area contributed by atoms with Crippen LogP contribution in [0.25, 0.3) is 0 Å². The van der Waals surface area contributed by atoms with Crippen molar-refractivity contribution in [3.63, 3.8) is 0 Å². The molecule has 0 saturated carbocycles. The van der Waals surface area contributed by atoms with E-state index >= 15 is 0 Å². The lowest BCUT2D eigenvalue weighted by Gasteiger charge is -2.14. The van der Waals surface area contributed by atoms with E-state index in [0.717, 1.165) is 45.6 Å². The fraction of sp³-hybridized carbons (Fsp3) is 1.00. The Labute approximate surface area is 111 Å². The van der Waals surface area contributed by atoms with Crippen molar-refractivity contribution in [1.29, 1.82) is 0 Å². The zero-order valence-electron chi connectivity index (χ0n) is 11.5. The second-order valence-corrected chi connectivity index (χ2v) is 6.75. The molecule has 1 aliphatic heterocycles. The lowest BCUT2D eigenvalue weighted by molar-refractivity contribution is 0.344. The molecule has 0 aromatic rings. The summed E-state index contributed by atoms with van der Waals surface area (Å²) >= 11 is 0. The Kier molecular flexibility index (Phi) is 7.81. The van der Waals surface area contributed by atoms with Crippen LogP contribution in [-0.4, -0.2) is 58.3 Å². The van der Waals surface area contributed by atoms with Gasteiger partial charge in [0.25, 0.3) is 0 Å². The second kappa shape index (κ2) is 8.85. The summed E-state index contributed by atoms with van der Waals surface area (Å²) in [6.07, 6.45) is 4.14. The number of nitrogens with zero attached hydrogens (tertiary/aromatic N) is 1. The molecule has 2 N–H and O–H groups in total. The zero-order valence-corrected chi connectivity index (χ0v) is 12.3. The van der Waals surface area contributed by atoms with Gasteiger partial charge in [0.05, 0.1) is 5.75 Å². The first-order valence-electron chi connectivity index (χ1n) is 7.04. The van der Waals surface area contributed by atoms with Crippen molar-refractivity contribution in [3.05, 3.63) is 0 Å². The topological polar surface area (TPSA) is 61.4 Å². The third-order valence-corrected chi connectivity index (χ3v) is 4.69. The minimum atomic E-state index is -3.06. The number of rotatable bonds is 10. The molecule has 1 fully saturated rings. The molecule has 5 nitrogen and oxygen atoms in total. The Hall–Kier alpha value is -0.170. The summed E-state index contributed by atoms with van der Waals surface area (Å²) in [5.74, 6) is 0.248. The maximum absolute atomic E-state index is 11.7. The van der Waals surface area contributed by atoms with Gasteiger partial charge in [-0.3, -0.25) is 0 Å². The maximum Gasteiger partial charge on any atom is 0.211 e. The Morgan fingerprint density at radius 3 is 2.50 bits per heavy atom. The Morgan fingerprint density at radius 2 is 1.83 bits per heavy atom. The van der Waals surface area contributed by atoms with E-state index in [4.69, 9.17) is 0 Å². The summed E-state index contributed by atoms with van der Waals surface area (Å²) in [5, 5.41) is 3.19. The molecule has 6 heteroatoms. The van der Waals surface area contributed by atoms with E-state index in [9.17, 15) is 8.42 Å². The number of hydrogen-bond acceptors (Lipinski definition) is 4. The quantitative estimate of drug-likeness (QED) is 0.567. The van der Waals surface area contributed by atoms with Gasteiger partial charge in [0.15, 0.2) is 0 Å². The van der Waals surface area contributed by atoms with Gasteiger partial charge in [-0.25, -0.2) is 13.1 Å². The van der Waals surface area contributed by atoms with E-state index in [1.807, 2.05) is 0 Å². The van der Waals surface area contributed by atoms with Gasteiger partial charge >= 0.3 is 0 Å². The van der Waals surface area contributed by atoms with Crippen molar-refractivity contribution < 1.29 is 8.42 Å². The van der Waals surface area contributed by atoms with Crippen LogP contribution in [0.15, 0.2) is 0 Å². The van der Waals surface area contributed by atoms with Crippen LogP contribution < -0.4 is 10.0 Å². The highest BCUT2D eigenvalue weighted by Crippen LogP contribution is 2.05. The van der Waals surface area contributed by atoms with Crippen LogP contribution in [0.5, 0.6) is 0 Å². The van der Waals surface area contributed by atoms with Gasteiger partial charge in [-0.15, -0.1) is 0 Å². The summed E-state index contributed by atoms with van der Waals surface area (Å²) < 4.78 is 26.1. The van der Waals surface area contributed by atoms with Crippen molar-refractivity contribution >= 4 is 10.0 Å². The van der Waals surface area contributed by atoms with Crippen LogP contribution >= 0.6 is 0 Å². The highest BCUT2D eigenvalue weighted by atomic mass is 32.2. The van der Waals surface area contributed by atoms with Gasteiger partial charge in [-0.2, -0.15) is 0 Å². The highest BCUT2D eigenvalue weighted by molar-refractivity contribution is 7.89. The van der Waals surface area contributed by atoms with Gasteiger partial charge in [0, 0.05) is 13.1 Å². The van der Waals surface area contributed by atoms with Crippen LogP contribution in [0, 0.1) is 0 Å². The smallest absolute Gasteiger partial charge is 0.211 e. The third-order valence-electron chi connectivity index (χ3n) is 3.22. The van der Waals surface area contributed by atoms with E-state index < -0.39 is 10.0 Å². The first-order chi connectivity index (χ1) is 8.64. The first-order valence-corrected chi connectivity index (χ1v) is 8.69. The van der Waals surface area contributed by atoms with E-state index in [0.29, 0.717) is 6.54 Å². The van der Waals surface area contributed by atoms with Gasteiger partial charge in [-0.05, 0) is 51.9 Å². The molecule has 0 atom stereocenters. The molecule has 18 heavy (non-hydrogen) atoms. The standard InChI is InChI=1S/C12H27N3O2S/c1-2-13-7-3-6-12-18(16,17)14-8-11-15-9-4-5-10-15/h13-14H,2-12H2,1H3. The molecule has 1 saturated heterocycles. The fourth-order valence-electron chi connectivity index (χ4n) is 2.16. The summed E-state index contributed by atoms with van der Waals surface area (Å²) in [6.45, 7) is 7.53. The lowest BCUT2D eigenvalue weighted by atomic mass is 10.3. The number of hydrogen-bond donors (Lipinski definition) is 2. The van der Waals surface area contributed by atoms with E-state index in [-0.39, 0.29) is 5.75 Å². The molecule has 0 amide bonds. The predicted molar refractivity (Wildman–Crippen MR) is 75.2 cm³/mol. The number of likely N-dealkylation sites (tertiary alicyclic amines) is 1. The number of unbranched alkanes of at least 4 members (excludes halogenated alkanes) is 1. The largest absolute Gasteiger partial charge is 0.317 e. The van der Waals surface area contributed by atoms with Crippen LogP contribution in [0.1, 0.15) is 32.6 Å². The van der Waals surface area contributed by atoms with Crippen molar-refractivity contribution in [2.45, 2.75) is 32.6 Å². The van der Waals surface area contributed by atoms with Crippen LogP contribution in [-0.2, 0) is 10.0 Å². The molecular formula is C12H27N3O2S. The second-order valence-electron chi connectivity index (χ2n) is 4.82. The maximum atomic E-state index is 11.7. The van der Waals surface area contributed by atoms with Crippen molar-refractivity contribution in [3.8, 4) is 0 Å². The molecule has 0 aromatic carbocycles. The zero-order chi connectivity index (χ0) is 13.3. The molecule has 0 spiro atoms. The van der Waals surface area contributed by atoms with E-state index in [1.54, 1.807) is 0 Å². The van der Waals surface area contributed by atoms with Crippen LogP contribution in [0.4, 0.5) is 0 Å². The van der Waals surface area contributed by atoms with Crippen molar-refractivity contribution in [2.24, 2.45) is 0 Å². The number of nitrogens with one attached hydrogen (secondary N) is 2. The fourth-order valence-corrected chi connectivity index (χ4v) is 3.29. The highest BCUT2D eigenvalue weighted by Gasteiger charge is 2.13. The normalized spacial score (nSPS) is 17.4. The average molecular weight is 277 g/mol. The summed E-state index contributed by atoms with van der Waals surface area (Å²) in [7, 11) is -3.06. The summed E-state index contributed by atoms with van der Waals surface area (Å²) in [6, 6.07) is 0. The molecule has 1 rings (SSSR count). The van der Waals surface area contributed by atoms with Crippen LogP contribution in [0.2, 0.25) is 0 Å². The molecule has 1 heterocycles. The SMILES string of the molecule is CCNCCCCS(=O)(=O)NCCN1CCCC1. The van der Waals surface area contributed by atoms with Gasteiger partial charge in [-0.1, -0.05) is 6.92 Å². The minimum Gasteiger partial charge on any atom is -0.317 e. The van der Waals surface area contributed by atoms with Crippen molar-refractivity contribution in [1.82, 2.24) is 14.9 Å². The van der Waals surface area contributed by atoms with Crippen LogP contribution in [0.3, 0.4) is 0 Å². The molecule has 0 aromatic heterocycles. The van der Waals surface area contributed by atoms with Gasteiger partial charge in [0.1, 0.15) is 0 Å². The molecule has 0 bridgehead atoms. The average Bonchev–Trinajstić information content (AvgIpc) is 2.81. The number of sulfonamides is 1. The monoisotopic (exact) mass is 277 g/mol. The minimum absolute atomic E-state index is 0.248. The van der Waals surface area contributed by atoms with Crippen molar-refractivity contribution in [2.75, 3.05) is 45.0 Å².